The van der Waals surface area contributed by atoms with E-state index in [9.17, 15) is 28.8 Å². The van der Waals surface area contributed by atoms with Gasteiger partial charge in [-0.3, -0.25) is 28.8 Å². The molecule has 6 aromatic heterocycles. The molecule has 754 valence electrons. The van der Waals surface area contributed by atoms with E-state index in [4.69, 9.17) is 68.3 Å². The van der Waals surface area contributed by atoms with E-state index in [0.29, 0.717) is 260 Å². The molecule has 22 heteroatoms. The Hall–Kier alpha value is -8.73. The van der Waals surface area contributed by atoms with Gasteiger partial charge in [-0.2, -0.15) is 0 Å². The number of ether oxygens (including phenoxy) is 6. The van der Waals surface area contributed by atoms with Gasteiger partial charge in [0.1, 0.15) is 0 Å². The smallest absolute Gasteiger partial charge is 0.657 e. The fourth-order valence-corrected chi connectivity index (χ4v) is 19.1. The Bertz CT molecular complexity index is 4940. The van der Waals surface area contributed by atoms with E-state index in [1.807, 2.05) is 0 Å². The van der Waals surface area contributed by atoms with Gasteiger partial charge < -0.3 is 48.4 Å². The zero-order valence-corrected chi connectivity index (χ0v) is 93.7. The molecule has 0 aliphatic carbocycles. The van der Waals surface area contributed by atoms with Crippen LogP contribution in [0.2, 0.25) is 0 Å². The van der Waals surface area contributed by atoms with Crippen LogP contribution < -0.4 is 19.9 Å². The third-order valence-corrected chi connectivity index (χ3v) is 28.6. The van der Waals surface area contributed by atoms with Gasteiger partial charge in [0.15, 0.2) is 0 Å². The molecular weight excluding hydrogens is 1850 g/mol. The molecule has 4 aliphatic heterocycles. The minimum absolute atomic E-state index is 0. The van der Waals surface area contributed by atoms with Gasteiger partial charge in [0.25, 0.3) is 0 Å². The molecule has 0 aromatic carbocycles. The summed E-state index contributed by atoms with van der Waals surface area (Å²) >= 11 is 0. The van der Waals surface area contributed by atoms with Gasteiger partial charge >= 0.3 is 74.8 Å². The summed E-state index contributed by atoms with van der Waals surface area (Å²) in [6, 6.07) is 16.7. The zero-order valence-electron chi connectivity index (χ0n) is 87.8. The molecule has 20 nitrogen and oxygen atoms in total. The molecule has 6 unspecified atom stereocenters. The maximum absolute atomic E-state index is 13.7. The Balaban J connectivity index is 0.0000120. The third-order valence-electron chi connectivity index (χ3n) is 28.6. The van der Waals surface area contributed by atoms with Crippen molar-refractivity contribution in [2.75, 3.05) is 39.6 Å². The molecule has 4 aliphatic rings. The first-order valence-corrected chi connectivity index (χ1v) is 54.4. The van der Waals surface area contributed by atoms with Crippen LogP contribution in [0.5, 0.6) is 0 Å². The number of carbonyl (C=O) groups excluding carboxylic acids is 6. The first kappa shape index (κ1) is 117. The zero-order chi connectivity index (χ0) is 98.2. The van der Waals surface area contributed by atoms with Gasteiger partial charge in [0, 0.05) is 38.5 Å². The van der Waals surface area contributed by atoms with Crippen molar-refractivity contribution < 1.29 is 96.1 Å². The molecule has 0 spiro atoms. The summed E-state index contributed by atoms with van der Waals surface area (Å²) in [6.45, 7) is 28.7. The minimum Gasteiger partial charge on any atom is -0.657 e. The van der Waals surface area contributed by atoms with E-state index in [1.54, 1.807) is 0 Å². The summed E-state index contributed by atoms with van der Waals surface area (Å²) in [5.41, 5.74) is 18.2. The van der Waals surface area contributed by atoms with E-state index in [0.717, 1.165) is 232 Å². The van der Waals surface area contributed by atoms with Crippen molar-refractivity contribution in [3.8, 4) is 11.1 Å². The minimum atomic E-state index is -0.197. The molecule has 16 bridgehead atoms. The molecule has 10 rings (SSSR count). The van der Waals surface area contributed by atoms with Crippen molar-refractivity contribution >= 4 is 129 Å². The van der Waals surface area contributed by atoms with Crippen molar-refractivity contribution in [2.24, 2.45) is 35.5 Å². The second-order valence-electron chi connectivity index (χ2n) is 39.2. The topological polar surface area (TPSA) is 266 Å². The van der Waals surface area contributed by atoms with Crippen LogP contribution in [0.3, 0.4) is 0 Å². The molecule has 0 fully saturated rings. The summed E-state index contributed by atoms with van der Waals surface area (Å²) in [7, 11) is 0. The second kappa shape index (κ2) is 64.8. The van der Waals surface area contributed by atoms with Crippen molar-refractivity contribution in [3.05, 3.63) is 127 Å². The Morgan fingerprint density at radius 2 is 0.379 bits per heavy atom. The average Bonchev–Trinajstić information content (AvgIpc) is 1.65. The number of aryl methyl sites for hydroxylation is 6. The number of fused-ring (bicyclic) bond motifs is 16. The predicted octanol–water partition coefficient (Wildman–Crippen LogP) is 28.6. The number of aromatic nitrogens is 8. The number of carbonyl (C=O) groups is 6. The predicted molar refractivity (Wildman–Crippen MR) is 564 cm³/mol. The summed E-state index contributed by atoms with van der Waals surface area (Å²) in [5.74, 6) is 0.823. The molecule has 0 saturated carbocycles. The monoisotopic (exact) mass is 2020 g/mol. The maximum Gasteiger partial charge on any atom is 2.00 e. The van der Waals surface area contributed by atoms with Crippen molar-refractivity contribution in [3.63, 3.8) is 0 Å². The molecule has 6 atom stereocenters. The quantitative estimate of drug-likeness (QED) is 0.0148. The molecule has 0 amide bonds. The Morgan fingerprint density at radius 1 is 0.221 bits per heavy atom. The average molecular weight is 2020 g/mol. The molecular formula is C118H166N8O12Zn2. The number of hydrogen-bond acceptors (Lipinski definition) is 16. The van der Waals surface area contributed by atoms with Crippen LogP contribution >= 0.6 is 0 Å². The third kappa shape index (κ3) is 37.1. The van der Waals surface area contributed by atoms with Gasteiger partial charge in [0.2, 0.25) is 0 Å². The molecule has 0 saturated heterocycles. The Morgan fingerprint density at radius 3 is 0.550 bits per heavy atom. The van der Waals surface area contributed by atoms with E-state index < -0.39 is 0 Å². The molecule has 0 N–H and O–H groups in total. The number of unbranched alkanes of at least 4 members (excludes halogenated alkanes) is 12. The van der Waals surface area contributed by atoms with Crippen molar-refractivity contribution in [1.29, 1.82) is 0 Å². The van der Waals surface area contributed by atoms with Crippen LogP contribution in [0.1, 0.15) is 432 Å². The van der Waals surface area contributed by atoms with Crippen molar-refractivity contribution in [2.45, 2.75) is 391 Å². The second-order valence-corrected chi connectivity index (χ2v) is 39.2. The van der Waals surface area contributed by atoms with Crippen molar-refractivity contribution in [1.82, 2.24) is 39.9 Å². The number of nitrogens with zero attached hydrogens (tertiary/aromatic N) is 8. The Kier molecular flexibility index (Phi) is 53.9. The van der Waals surface area contributed by atoms with E-state index in [1.165, 1.54) is 0 Å². The molecule has 0 radical (unpaired) electrons. The fourth-order valence-electron chi connectivity index (χ4n) is 19.1. The van der Waals surface area contributed by atoms with Crippen LogP contribution in [0.15, 0.2) is 48.5 Å². The number of hydrogen-bond donors (Lipinski definition) is 0. The maximum atomic E-state index is 13.7. The standard InChI is InChI=1S/C118H166N8O12.2Zn/c1-13-25-43-83(19-7)77-133-111(127)55-37-31-49-89-95-61-65-99(119-95)91(51-33-39-57-113(129)135-79-85(21-9)45-27-15-3)103-69-73-107(123-103)117(108-74-70-104(124-108)92(100-66-62-96(89)120-100)52-34-40-58-114(130)136-80-86(22-10)46-28-16-4)118-109-75-71-105(125-109)93(53-35-41-59-115(131)137-81-87(23-11)47-29-17-5)101-67-63-97(121-101)90(50-32-38-56-112(128)134-78-84(20-8)44-26-14-2)98-64-68-102(122-98)94(106-72-76-110(118)126-106)54-36-42-60-116(132)138-82-88(24-12)48-30-18-6;;/h61-76,83-88H,13-60,77-82H2,1-12H3;;/q-4;2*+2. The normalized spacial score (nSPS) is 13.3. The first-order valence-electron chi connectivity index (χ1n) is 54.4. The molecule has 6 aromatic rings. The van der Waals surface area contributed by atoms with Gasteiger partial charge in [0.05, 0.1) is 85.2 Å². The fraction of sp³-hybridized carbons (Fsp3) is 0.610. The summed E-state index contributed by atoms with van der Waals surface area (Å²) in [6.07, 6.45) is 54.1. The summed E-state index contributed by atoms with van der Waals surface area (Å²) < 4.78 is 35.8. The number of esters is 6. The van der Waals surface area contributed by atoms with Gasteiger partial charge in [-0.1, -0.05) is 247 Å². The van der Waals surface area contributed by atoms with Crippen LogP contribution in [-0.2, 0) is 135 Å². The summed E-state index contributed by atoms with van der Waals surface area (Å²) in [4.78, 5) is 128. The summed E-state index contributed by atoms with van der Waals surface area (Å²) in [5, 5.41) is 0. The Labute approximate surface area is 863 Å². The van der Waals surface area contributed by atoms with Crippen LogP contribution in [-0.4, -0.2) is 95.4 Å². The SMILES string of the molecule is CCCCC(CC)COC(=O)CCCCc1c2nc(c(CCCCC(=O)OCC(CC)CCCC)c3ccc([n-]3)c(-c3c4nc(c(CCCCC(=O)OCC(CC)CCCC)c5ccc([n-]5)c(CCCCC(=O)OCC(CC)CCCC)c5nc(c(CCCCC(=O)OCC(CC)CCCC)c6ccc3[n-]6)C=C5)C=C4)c3nc(c(CCCCC(=O)OCC(CC)CCCC)c4ccc1[n-]4)C=C3)C=C2.[Zn+2].[Zn+2]. The van der Waals surface area contributed by atoms with E-state index >= 15 is 0 Å². The van der Waals surface area contributed by atoms with Crippen LogP contribution in [0.25, 0.3) is 104 Å². The molecule has 140 heavy (non-hydrogen) atoms. The van der Waals surface area contributed by atoms with Gasteiger partial charge in [-0.15, -0.1) is 44.1 Å². The van der Waals surface area contributed by atoms with Gasteiger partial charge in [-0.25, -0.2) is 19.9 Å². The van der Waals surface area contributed by atoms with E-state index in [2.05, 4.69) is 180 Å². The van der Waals surface area contributed by atoms with E-state index in [-0.39, 0.29) is 100 Å². The van der Waals surface area contributed by atoms with Crippen LogP contribution in [0, 0.1) is 35.5 Å². The number of rotatable bonds is 67. The first-order chi connectivity index (χ1) is 67.4. The molecule has 10 heterocycles. The van der Waals surface area contributed by atoms with Gasteiger partial charge in [-0.05, 0) is 283 Å². The van der Waals surface area contributed by atoms with Crippen LogP contribution in [0.4, 0.5) is 0 Å². The largest absolute Gasteiger partial charge is 2.00 e.